The number of H-pyrrole nitrogens is 1. The maximum atomic E-state index is 13.4. The number of benzene rings is 1. The largest absolute Gasteiger partial charge is 0.467 e. The molecule has 8 heteroatoms. The standard InChI is InChI=1S/C19H16FN5O2/c1-27-19-23-9-13(10-24-19)7-15-11-22-17(25-18(15)26)5-3-12-2-4-16(20)14(6-12)8-21/h2,4,6,9-11H,3,5,7H2,1H3,(H,22,25,26). The molecule has 7 nitrogen and oxygen atoms in total. The minimum Gasteiger partial charge on any atom is -0.467 e. The van der Waals surface area contributed by atoms with Gasteiger partial charge in [0.15, 0.2) is 0 Å². The molecule has 0 atom stereocenters. The Bertz CT molecular complexity index is 1040. The van der Waals surface area contributed by atoms with E-state index in [1.165, 1.54) is 19.2 Å². The first-order chi connectivity index (χ1) is 13.1. The van der Waals surface area contributed by atoms with Crippen LogP contribution in [-0.2, 0) is 19.3 Å². The van der Waals surface area contributed by atoms with Gasteiger partial charge < -0.3 is 9.72 Å². The molecule has 0 radical (unpaired) electrons. The average Bonchev–Trinajstić information content (AvgIpc) is 2.69. The number of aromatic nitrogens is 4. The summed E-state index contributed by atoms with van der Waals surface area (Å²) in [4.78, 5) is 27.3. The van der Waals surface area contributed by atoms with Gasteiger partial charge in [0.2, 0.25) is 0 Å². The molecule has 136 valence electrons. The fourth-order valence-electron chi connectivity index (χ4n) is 2.55. The van der Waals surface area contributed by atoms with Crippen molar-refractivity contribution in [3.63, 3.8) is 0 Å². The summed E-state index contributed by atoms with van der Waals surface area (Å²) in [5, 5.41) is 8.88. The van der Waals surface area contributed by atoms with Gasteiger partial charge in [-0.3, -0.25) is 4.79 Å². The lowest BCUT2D eigenvalue weighted by Gasteiger charge is -2.05. The first-order valence-corrected chi connectivity index (χ1v) is 8.20. The van der Waals surface area contributed by atoms with Gasteiger partial charge in [-0.05, 0) is 29.7 Å². The number of hydrogen-bond donors (Lipinski definition) is 1. The number of hydrogen-bond acceptors (Lipinski definition) is 6. The van der Waals surface area contributed by atoms with Gasteiger partial charge in [0.05, 0.1) is 12.7 Å². The predicted octanol–water partition coefficient (Wildman–Crippen LogP) is 1.96. The monoisotopic (exact) mass is 365 g/mol. The molecule has 0 bridgehead atoms. The molecule has 3 aromatic rings. The lowest BCUT2D eigenvalue weighted by atomic mass is 10.1. The molecule has 2 aromatic heterocycles. The molecule has 2 heterocycles. The third kappa shape index (κ3) is 4.52. The molecule has 0 fully saturated rings. The number of nitrogens with zero attached hydrogens (tertiary/aromatic N) is 4. The molecule has 0 saturated heterocycles. The van der Waals surface area contributed by atoms with Crippen LogP contribution in [0.25, 0.3) is 0 Å². The van der Waals surface area contributed by atoms with Crippen molar-refractivity contribution >= 4 is 0 Å². The molecule has 3 rings (SSSR count). The number of nitrogens with one attached hydrogen (secondary N) is 1. The number of aryl methyl sites for hydroxylation is 2. The van der Waals surface area contributed by atoms with Crippen LogP contribution in [0.4, 0.5) is 4.39 Å². The van der Waals surface area contributed by atoms with Crippen LogP contribution >= 0.6 is 0 Å². The number of aromatic amines is 1. The van der Waals surface area contributed by atoms with E-state index in [9.17, 15) is 9.18 Å². The van der Waals surface area contributed by atoms with Crippen molar-refractivity contribution in [1.82, 2.24) is 19.9 Å². The Kier molecular flexibility index (Phi) is 5.52. The molecular formula is C19H16FN5O2. The third-order valence-electron chi connectivity index (χ3n) is 3.98. The van der Waals surface area contributed by atoms with Crippen LogP contribution in [0.1, 0.15) is 28.1 Å². The Morgan fingerprint density at radius 3 is 2.67 bits per heavy atom. The summed E-state index contributed by atoms with van der Waals surface area (Å²) in [6.07, 6.45) is 6.18. The lowest BCUT2D eigenvalue weighted by Crippen LogP contribution is -2.17. The highest BCUT2D eigenvalue weighted by molar-refractivity contribution is 5.34. The summed E-state index contributed by atoms with van der Waals surface area (Å²) in [5.41, 5.74) is 1.75. The van der Waals surface area contributed by atoms with Crippen molar-refractivity contribution in [2.24, 2.45) is 0 Å². The summed E-state index contributed by atoms with van der Waals surface area (Å²) in [6, 6.07) is 6.47. The molecule has 0 aliphatic heterocycles. The van der Waals surface area contributed by atoms with E-state index in [-0.39, 0.29) is 17.1 Å². The zero-order chi connectivity index (χ0) is 19.2. The summed E-state index contributed by atoms with van der Waals surface area (Å²) in [5.74, 6) is -0.0165. The normalized spacial score (nSPS) is 10.4. The second kappa shape index (κ2) is 8.19. The van der Waals surface area contributed by atoms with Crippen molar-refractivity contribution in [2.45, 2.75) is 19.3 Å². The van der Waals surface area contributed by atoms with Gasteiger partial charge in [0.1, 0.15) is 17.7 Å². The van der Waals surface area contributed by atoms with E-state index >= 15 is 0 Å². The van der Waals surface area contributed by atoms with Crippen molar-refractivity contribution in [2.75, 3.05) is 7.11 Å². The van der Waals surface area contributed by atoms with E-state index < -0.39 is 5.82 Å². The molecule has 0 unspecified atom stereocenters. The third-order valence-corrected chi connectivity index (χ3v) is 3.98. The Morgan fingerprint density at radius 2 is 2.00 bits per heavy atom. The van der Waals surface area contributed by atoms with Gasteiger partial charge in [0.25, 0.3) is 5.56 Å². The summed E-state index contributed by atoms with van der Waals surface area (Å²) < 4.78 is 18.3. The van der Waals surface area contributed by atoms with E-state index in [4.69, 9.17) is 10.00 Å². The smallest absolute Gasteiger partial charge is 0.316 e. The Hall–Kier alpha value is -3.60. The van der Waals surface area contributed by atoms with Crippen molar-refractivity contribution in [3.05, 3.63) is 81.0 Å². The SMILES string of the molecule is COc1ncc(Cc2c[nH]c(CCc3ccc(F)c(C#N)c3)nc2=O)cn1. The highest BCUT2D eigenvalue weighted by Gasteiger charge is 2.08. The average molecular weight is 365 g/mol. The van der Waals surface area contributed by atoms with E-state index in [0.717, 1.165) is 11.1 Å². The highest BCUT2D eigenvalue weighted by Crippen LogP contribution is 2.11. The van der Waals surface area contributed by atoms with Crippen LogP contribution in [0.15, 0.2) is 41.6 Å². The fraction of sp³-hybridized carbons (Fsp3) is 0.211. The van der Waals surface area contributed by atoms with Crippen LogP contribution in [0.2, 0.25) is 0 Å². The van der Waals surface area contributed by atoms with E-state index in [1.54, 1.807) is 24.7 Å². The van der Waals surface area contributed by atoms with Gasteiger partial charge in [-0.25, -0.2) is 14.4 Å². The summed E-state index contributed by atoms with van der Waals surface area (Å²) in [7, 11) is 1.48. The lowest BCUT2D eigenvalue weighted by molar-refractivity contribution is 0.379. The van der Waals surface area contributed by atoms with Crippen LogP contribution < -0.4 is 10.3 Å². The van der Waals surface area contributed by atoms with E-state index in [1.807, 2.05) is 6.07 Å². The van der Waals surface area contributed by atoms with Gasteiger partial charge >= 0.3 is 6.01 Å². The molecule has 0 aliphatic carbocycles. The molecule has 1 aromatic carbocycles. The summed E-state index contributed by atoms with van der Waals surface area (Å²) in [6.45, 7) is 0. The molecule has 0 spiro atoms. The maximum absolute atomic E-state index is 13.4. The molecule has 0 saturated carbocycles. The number of nitriles is 1. The molecule has 0 amide bonds. The van der Waals surface area contributed by atoms with Crippen molar-refractivity contribution in [3.8, 4) is 12.1 Å². The zero-order valence-electron chi connectivity index (χ0n) is 14.6. The first kappa shape index (κ1) is 18.2. The Labute approximate surface area is 154 Å². The van der Waals surface area contributed by atoms with Gasteiger partial charge in [-0.1, -0.05) is 6.07 Å². The van der Waals surface area contributed by atoms with Gasteiger partial charge in [0, 0.05) is 37.0 Å². The number of ether oxygens (including phenoxy) is 1. The fourth-order valence-corrected chi connectivity index (χ4v) is 2.55. The van der Waals surface area contributed by atoms with Gasteiger partial charge in [-0.15, -0.1) is 0 Å². The van der Waals surface area contributed by atoms with Gasteiger partial charge in [-0.2, -0.15) is 10.2 Å². The molecular weight excluding hydrogens is 349 g/mol. The number of methoxy groups -OCH3 is 1. The first-order valence-electron chi connectivity index (χ1n) is 8.20. The molecule has 27 heavy (non-hydrogen) atoms. The quantitative estimate of drug-likeness (QED) is 0.716. The van der Waals surface area contributed by atoms with E-state index in [2.05, 4.69) is 19.9 Å². The number of rotatable bonds is 6. The Morgan fingerprint density at radius 1 is 1.22 bits per heavy atom. The Balaban J connectivity index is 1.67. The zero-order valence-corrected chi connectivity index (χ0v) is 14.6. The molecule has 0 aliphatic rings. The minimum atomic E-state index is -0.542. The van der Waals surface area contributed by atoms with Crippen molar-refractivity contribution in [1.29, 1.82) is 5.26 Å². The highest BCUT2D eigenvalue weighted by atomic mass is 19.1. The number of halogens is 1. The predicted molar refractivity (Wildman–Crippen MR) is 94.8 cm³/mol. The molecule has 1 N–H and O–H groups in total. The second-order valence-electron chi connectivity index (χ2n) is 5.86. The topological polar surface area (TPSA) is 105 Å². The van der Waals surface area contributed by atoms with Crippen LogP contribution in [-0.4, -0.2) is 27.0 Å². The van der Waals surface area contributed by atoms with Crippen LogP contribution in [0, 0.1) is 17.1 Å². The van der Waals surface area contributed by atoms with Crippen LogP contribution in [0.5, 0.6) is 6.01 Å². The maximum Gasteiger partial charge on any atom is 0.316 e. The minimum absolute atomic E-state index is 0.00557. The summed E-state index contributed by atoms with van der Waals surface area (Å²) >= 11 is 0. The van der Waals surface area contributed by atoms with Crippen LogP contribution in [0.3, 0.4) is 0 Å². The van der Waals surface area contributed by atoms with E-state index in [0.29, 0.717) is 30.7 Å². The second-order valence-corrected chi connectivity index (χ2v) is 5.86. The van der Waals surface area contributed by atoms with Crippen molar-refractivity contribution < 1.29 is 9.13 Å².